The largest absolute Gasteiger partial charge is 1.00 e. The quantitative estimate of drug-likeness (QED) is 0.182. The molecule has 0 nitrogen and oxygen atoms in total. The van der Waals surface area contributed by atoms with Gasteiger partial charge in [-0.05, 0) is 0 Å². The SMILES string of the molecule is CC(C)(C)c1ccc2c(c1)[CH]([Zr+2]([C]1=CC=CC1)=[C](c1cc(C(F)(F)F)cc(C(F)(F)F)c1)c1cc(C(F)(F)F)cc(C(F)(F)F)c1)c1cc(C(C)(C)C)ccc1-2.[Cl-].[Cl-]. The Hall–Kier alpha value is -3.15. The predicted octanol–water partition coefficient (Wildman–Crippen LogP) is 8.17. The van der Waals surface area contributed by atoms with E-state index in [-0.39, 0.29) is 46.6 Å². The van der Waals surface area contributed by atoms with E-state index < -0.39 is 93.8 Å². The first-order valence-electron chi connectivity index (χ1n) is 17.5. The minimum absolute atomic E-state index is 0. The van der Waals surface area contributed by atoms with Crippen molar-refractivity contribution in [3.8, 4) is 11.1 Å². The summed E-state index contributed by atoms with van der Waals surface area (Å²) in [6.45, 7) is 11.7. The topological polar surface area (TPSA) is 0 Å². The molecule has 310 valence electrons. The summed E-state index contributed by atoms with van der Waals surface area (Å²) in [5, 5.41) is 0. The molecule has 0 aliphatic heterocycles. The first-order chi connectivity index (χ1) is 25.5. The Kier molecular flexibility index (Phi) is 13.1. The molecule has 0 saturated carbocycles. The van der Waals surface area contributed by atoms with E-state index in [1.165, 1.54) is 0 Å². The molecule has 0 radical (unpaired) electrons. The fourth-order valence-electron chi connectivity index (χ4n) is 7.32. The number of fused-ring (bicyclic) bond motifs is 3. The third-order valence-corrected chi connectivity index (χ3v) is 18.5. The fourth-order valence-corrected chi connectivity index (χ4v) is 16.2. The van der Waals surface area contributed by atoms with Gasteiger partial charge in [-0.1, -0.05) is 0 Å². The smallest absolute Gasteiger partial charge is 1.00 e. The van der Waals surface area contributed by atoms with E-state index in [9.17, 15) is 52.7 Å². The van der Waals surface area contributed by atoms with Crippen molar-refractivity contribution in [1.82, 2.24) is 0 Å². The van der Waals surface area contributed by atoms with Crippen LogP contribution in [0.1, 0.15) is 107 Å². The van der Waals surface area contributed by atoms with E-state index in [1.54, 1.807) is 18.2 Å². The van der Waals surface area contributed by atoms with Crippen LogP contribution in [0.4, 0.5) is 52.7 Å². The van der Waals surface area contributed by atoms with Crippen LogP contribution < -0.4 is 24.8 Å². The molecular formula is C43H36Cl2F12Zr. The number of hydrogen-bond acceptors (Lipinski definition) is 0. The van der Waals surface area contributed by atoms with E-state index >= 15 is 0 Å². The molecule has 0 spiro atoms. The zero-order chi connectivity index (χ0) is 41.6. The number of halogens is 14. The van der Waals surface area contributed by atoms with Gasteiger partial charge in [0.05, 0.1) is 0 Å². The molecule has 0 bridgehead atoms. The molecule has 6 rings (SSSR count). The van der Waals surface area contributed by atoms with Gasteiger partial charge < -0.3 is 24.8 Å². The molecule has 0 amide bonds. The number of rotatable bonds is 4. The first kappa shape index (κ1) is 47.5. The third-order valence-electron chi connectivity index (χ3n) is 10.2. The van der Waals surface area contributed by atoms with Crippen molar-refractivity contribution in [3.63, 3.8) is 0 Å². The van der Waals surface area contributed by atoms with Gasteiger partial charge in [-0.15, -0.1) is 0 Å². The van der Waals surface area contributed by atoms with E-state index in [0.29, 0.717) is 38.7 Å². The normalized spacial score (nSPS) is 14.5. The molecule has 0 aromatic heterocycles. The average Bonchev–Trinajstić information content (AvgIpc) is 3.70. The van der Waals surface area contributed by atoms with Gasteiger partial charge in [0.25, 0.3) is 0 Å². The van der Waals surface area contributed by atoms with E-state index in [4.69, 9.17) is 0 Å². The minimum Gasteiger partial charge on any atom is -1.00 e. The van der Waals surface area contributed by atoms with Crippen LogP contribution in [-0.4, -0.2) is 3.21 Å². The average molecular weight is 943 g/mol. The summed E-state index contributed by atoms with van der Waals surface area (Å²) >= 11 is -4.51. The Balaban J connectivity index is 0.00000372. The molecule has 58 heavy (non-hydrogen) atoms. The Morgan fingerprint density at radius 3 is 1.10 bits per heavy atom. The molecule has 0 fully saturated rings. The Bertz CT molecular complexity index is 2110. The van der Waals surface area contributed by atoms with Crippen LogP contribution in [-0.2, 0) is 56.8 Å². The van der Waals surface area contributed by atoms with Crippen LogP contribution in [0, 0.1) is 0 Å². The minimum atomic E-state index is -5.35. The van der Waals surface area contributed by atoms with Gasteiger partial charge in [0.15, 0.2) is 0 Å². The molecule has 0 N–H and O–H groups in total. The molecule has 4 aromatic carbocycles. The zero-order valence-electron chi connectivity index (χ0n) is 31.7. The second-order valence-electron chi connectivity index (χ2n) is 16.2. The van der Waals surface area contributed by atoms with Crippen LogP contribution in [0.2, 0.25) is 0 Å². The first-order valence-corrected chi connectivity index (χ1v) is 21.4. The van der Waals surface area contributed by atoms with Crippen molar-refractivity contribution in [3.05, 3.63) is 150 Å². The van der Waals surface area contributed by atoms with E-state index in [2.05, 4.69) is 0 Å². The van der Waals surface area contributed by atoms with Gasteiger partial charge in [0, 0.05) is 0 Å². The molecule has 2 aliphatic rings. The van der Waals surface area contributed by atoms with Gasteiger partial charge in [0.2, 0.25) is 0 Å². The number of benzene rings is 4. The van der Waals surface area contributed by atoms with Crippen LogP contribution in [0.15, 0.2) is 94.3 Å². The van der Waals surface area contributed by atoms with Gasteiger partial charge in [0.1, 0.15) is 0 Å². The van der Waals surface area contributed by atoms with Gasteiger partial charge in [-0.25, -0.2) is 0 Å². The Morgan fingerprint density at radius 1 is 0.483 bits per heavy atom. The van der Waals surface area contributed by atoms with Gasteiger partial charge in [-0.2, -0.15) is 0 Å². The van der Waals surface area contributed by atoms with Crippen molar-refractivity contribution >= 4 is 3.21 Å². The molecule has 0 unspecified atom stereocenters. The number of allylic oxidation sites excluding steroid dienone is 4. The van der Waals surface area contributed by atoms with Crippen molar-refractivity contribution in [2.45, 2.75) is 87.1 Å². The summed E-state index contributed by atoms with van der Waals surface area (Å²) in [6, 6.07) is 12.9. The third kappa shape index (κ3) is 9.57. The summed E-state index contributed by atoms with van der Waals surface area (Å²) in [7, 11) is 0. The summed E-state index contributed by atoms with van der Waals surface area (Å²) in [6.07, 6.45) is -16.2. The molecule has 0 heterocycles. The second-order valence-corrected chi connectivity index (χ2v) is 22.5. The van der Waals surface area contributed by atoms with Gasteiger partial charge >= 0.3 is 325 Å². The molecule has 2 aliphatic carbocycles. The summed E-state index contributed by atoms with van der Waals surface area (Å²) < 4.78 is 173. The van der Waals surface area contributed by atoms with E-state index in [1.807, 2.05) is 77.9 Å². The van der Waals surface area contributed by atoms with Crippen molar-refractivity contribution in [1.29, 1.82) is 0 Å². The summed E-state index contributed by atoms with van der Waals surface area (Å²) in [5.41, 5.74) is -4.81. The van der Waals surface area contributed by atoms with Crippen molar-refractivity contribution < 1.29 is 98.8 Å². The van der Waals surface area contributed by atoms with Crippen LogP contribution in [0.3, 0.4) is 0 Å². The summed E-state index contributed by atoms with van der Waals surface area (Å²) in [4.78, 5) is 0. The van der Waals surface area contributed by atoms with Crippen LogP contribution >= 0.6 is 0 Å². The van der Waals surface area contributed by atoms with E-state index in [0.717, 1.165) is 22.3 Å². The van der Waals surface area contributed by atoms with Crippen molar-refractivity contribution in [2.24, 2.45) is 0 Å². The number of alkyl halides is 12. The van der Waals surface area contributed by atoms with Crippen LogP contribution in [0.5, 0.6) is 0 Å². The predicted molar refractivity (Wildman–Crippen MR) is 189 cm³/mol. The van der Waals surface area contributed by atoms with Gasteiger partial charge in [-0.3, -0.25) is 0 Å². The Labute approximate surface area is 348 Å². The maximum atomic E-state index is 14.5. The molecule has 4 aromatic rings. The molecule has 0 atom stereocenters. The second kappa shape index (κ2) is 16.0. The maximum Gasteiger partial charge on any atom is -1.00 e. The molecular weight excluding hydrogens is 907 g/mol. The molecule has 0 saturated heterocycles. The molecule has 15 heteroatoms. The fraction of sp³-hybridized carbons (Fsp3) is 0.326. The maximum absolute atomic E-state index is 14.5. The van der Waals surface area contributed by atoms with Crippen LogP contribution in [0.25, 0.3) is 11.1 Å². The summed E-state index contributed by atoms with van der Waals surface area (Å²) in [5.74, 6) is 0. The standard InChI is InChI=1S/C21H25.C17H6F12.C5H5.2ClH.Zr/c1-20(2,3)16-7-9-18-14(12-16)11-15-13-17(21(4,5)6)8-10-19(15)18;18-14(19,20)10-2-8(3-11(6-10)15(21,22)23)1-9-4-12(16(24,25)26)7-13(5-9)17(27,28)29;1-2-4-5-3-1;;;/h7-13H,1-6H3;2-7H;1-3H,4H2;2*1H;/q;;;;;+2/p-2. The zero-order valence-corrected chi connectivity index (χ0v) is 35.7. The monoisotopic (exact) mass is 940 g/mol. The number of hydrogen-bond donors (Lipinski definition) is 0. The van der Waals surface area contributed by atoms with Crippen molar-refractivity contribution in [2.75, 3.05) is 0 Å². The Morgan fingerprint density at radius 2 is 0.828 bits per heavy atom.